The monoisotopic (exact) mass is 335 g/mol. The number of ether oxygens (including phenoxy) is 1. The zero-order valence-electron chi connectivity index (χ0n) is 13.3. The summed E-state index contributed by atoms with van der Waals surface area (Å²) in [5, 5.41) is 3.78. The molecule has 2 aliphatic carbocycles. The normalized spacial score (nSPS) is 21.5. The van der Waals surface area contributed by atoms with Gasteiger partial charge in [-0.1, -0.05) is 24.3 Å². The molecule has 1 aliphatic heterocycles. The molecule has 1 heterocycles. The smallest absolute Gasteiger partial charge is 0.192 e. The van der Waals surface area contributed by atoms with Crippen LogP contribution in [0.5, 0.6) is 5.75 Å². The molecule has 1 saturated carbocycles. The molecular formula is C20H17NO2S. The number of hydrogen-bond acceptors (Lipinski definition) is 4. The van der Waals surface area contributed by atoms with Gasteiger partial charge >= 0.3 is 0 Å². The van der Waals surface area contributed by atoms with Gasteiger partial charge in [0.15, 0.2) is 5.78 Å². The largest absolute Gasteiger partial charge is 0.497 e. The fraction of sp³-hybridized carbons (Fsp3) is 0.250. The molecule has 5 rings (SSSR count). The number of fused-ring (bicyclic) bond motifs is 3. The number of thioether (sulfide) groups is 1. The van der Waals surface area contributed by atoms with Crippen LogP contribution in [-0.4, -0.2) is 18.1 Å². The maximum Gasteiger partial charge on any atom is 0.192 e. The average molecular weight is 335 g/mol. The van der Waals surface area contributed by atoms with Gasteiger partial charge in [-0.2, -0.15) is 0 Å². The van der Waals surface area contributed by atoms with E-state index in [-0.39, 0.29) is 11.0 Å². The molecule has 4 heteroatoms. The Morgan fingerprint density at radius 2 is 1.92 bits per heavy atom. The Bertz CT molecular complexity index is 898. The number of ketones is 1. The Labute approximate surface area is 145 Å². The van der Waals surface area contributed by atoms with E-state index in [0.29, 0.717) is 5.92 Å². The van der Waals surface area contributed by atoms with Crippen LogP contribution in [0.1, 0.15) is 28.8 Å². The molecule has 0 amide bonds. The maximum atomic E-state index is 13.1. The van der Waals surface area contributed by atoms with E-state index in [2.05, 4.69) is 11.4 Å². The van der Waals surface area contributed by atoms with Crippen molar-refractivity contribution < 1.29 is 9.53 Å². The van der Waals surface area contributed by atoms with E-state index >= 15 is 0 Å². The van der Waals surface area contributed by atoms with Crippen molar-refractivity contribution in [3.63, 3.8) is 0 Å². The highest BCUT2D eigenvalue weighted by atomic mass is 32.2. The Balaban J connectivity index is 1.69. The SMILES string of the molecule is COc1ccc2c(c1)SC(C1CC1)C1=C(N2)c2ccccc2C1=O. The van der Waals surface area contributed by atoms with Crippen molar-refractivity contribution in [3.05, 3.63) is 59.2 Å². The van der Waals surface area contributed by atoms with Crippen LogP contribution in [0.3, 0.4) is 0 Å². The molecule has 24 heavy (non-hydrogen) atoms. The highest BCUT2D eigenvalue weighted by Crippen LogP contribution is 2.53. The minimum absolute atomic E-state index is 0.192. The number of anilines is 1. The molecule has 1 unspecified atom stereocenters. The minimum atomic E-state index is 0.192. The number of Topliss-reactive ketones (excluding diaryl/α,β-unsaturated/α-hetero) is 1. The molecule has 1 N–H and O–H groups in total. The van der Waals surface area contributed by atoms with Crippen LogP contribution in [0.4, 0.5) is 5.69 Å². The number of carbonyl (C=O) groups excluding carboxylic acids is 1. The molecule has 3 nitrogen and oxygen atoms in total. The fourth-order valence-electron chi connectivity index (χ4n) is 3.60. The molecule has 1 fully saturated rings. The average Bonchev–Trinajstić information content (AvgIpc) is 3.42. The van der Waals surface area contributed by atoms with Gasteiger partial charge in [0.25, 0.3) is 0 Å². The zero-order chi connectivity index (χ0) is 16.3. The summed E-state index contributed by atoms with van der Waals surface area (Å²) >= 11 is 1.81. The molecule has 0 saturated heterocycles. The second-order valence-electron chi connectivity index (χ2n) is 6.53. The lowest BCUT2D eigenvalue weighted by Crippen LogP contribution is -2.15. The molecule has 2 aromatic carbocycles. The number of nitrogens with one attached hydrogen (secondary N) is 1. The predicted octanol–water partition coefficient (Wildman–Crippen LogP) is 4.60. The number of hydrogen-bond donors (Lipinski definition) is 1. The number of rotatable bonds is 2. The summed E-state index contributed by atoms with van der Waals surface area (Å²) in [6.07, 6.45) is 2.41. The summed E-state index contributed by atoms with van der Waals surface area (Å²) in [7, 11) is 1.69. The number of methoxy groups -OCH3 is 1. The van der Waals surface area contributed by atoms with Crippen LogP contribution in [0, 0.1) is 5.92 Å². The quantitative estimate of drug-likeness (QED) is 0.870. The van der Waals surface area contributed by atoms with Crippen LogP contribution in [0.25, 0.3) is 5.70 Å². The summed E-state index contributed by atoms with van der Waals surface area (Å²) in [5.74, 6) is 1.64. The number of carbonyl (C=O) groups is 1. The molecule has 0 bridgehead atoms. The van der Waals surface area contributed by atoms with Crippen LogP contribution in [-0.2, 0) is 0 Å². The lowest BCUT2D eigenvalue weighted by atomic mass is 10.0. The predicted molar refractivity (Wildman–Crippen MR) is 96.7 cm³/mol. The van der Waals surface area contributed by atoms with Crippen LogP contribution >= 0.6 is 11.8 Å². The summed E-state index contributed by atoms with van der Waals surface area (Å²) in [5.41, 5.74) is 4.88. The molecule has 120 valence electrons. The Morgan fingerprint density at radius 3 is 2.67 bits per heavy atom. The van der Waals surface area contributed by atoms with E-state index in [4.69, 9.17) is 4.74 Å². The van der Waals surface area contributed by atoms with Crippen LogP contribution in [0.15, 0.2) is 52.9 Å². The molecule has 0 spiro atoms. The van der Waals surface area contributed by atoms with Crippen LogP contribution < -0.4 is 10.1 Å². The third-order valence-corrected chi connectivity index (χ3v) is 6.46. The topological polar surface area (TPSA) is 38.3 Å². The van der Waals surface area contributed by atoms with E-state index in [0.717, 1.165) is 38.7 Å². The van der Waals surface area contributed by atoms with Gasteiger partial charge in [-0.15, -0.1) is 11.8 Å². The second kappa shape index (κ2) is 5.15. The minimum Gasteiger partial charge on any atom is -0.497 e. The second-order valence-corrected chi connectivity index (χ2v) is 7.71. The lowest BCUT2D eigenvalue weighted by molar-refractivity contribution is 0.103. The Kier molecular flexibility index (Phi) is 3.04. The zero-order valence-corrected chi connectivity index (χ0v) is 14.2. The maximum absolute atomic E-state index is 13.1. The van der Waals surface area contributed by atoms with Gasteiger partial charge < -0.3 is 10.1 Å². The van der Waals surface area contributed by atoms with E-state index in [1.165, 1.54) is 12.8 Å². The first-order chi connectivity index (χ1) is 11.8. The molecular weight excluding hydrogens is 318 g/mol. The standard InChI is InChI=1S/C20H17NO2S/c1-23-12-8-9-15-16(10-12)24-20(11-6-7-11)17-18(21-15)13-4-2-3-5-14(13)19(17)22/h2-5,8-11,20-21H,6-7H2,1H3. The molecule has 2 aromatic rings. The first-order valence-corrected chi connectivity index (χ1v) is 9.14. The van der Waals surface area contributed by atoms with E-state index < -0.39 is 0 Å². The van der Waals surface area contributed by atoms with Crippen molar-refractivity contribution >= 4 is 28.9 Å². The van der Waals surface area contributed by atoms with Crippen molar-refractivity contribution in [1.29, 1.82) is 0 Å². The summed E-state index contributed by atoms with van der Waals surface area (Å²) < 4.78 is 5.38. The lowest BCUT2D eigenvalue weighted by Gasteiger charge is -2.16. The van der Waals surface area contributed by atoms with Gasteiger partial charge in [0, 0.05) is 26.8 Å². The highest BCUT2D eigenvalue weighted by Gasteiger charge is 2.43. The van der Waals surface area contributed by atoms with Gasteiger partial charge in [-0.05, 0) is 37.0 Å². The summed E-state index contributed by atoms with van der Waals surface area (Å²) in [4.78, 5) is 14.2. The Hall–Kier alpha value is -2.20. The molecule has 0 radical (unpaired) electrons. The summed E-state index contributed by atoms with van der Waals surface area (Å²) in [6.45, 7) is 0. The van der Waals surface area contributed by atoms with Gasteiger partial charge in [0.2, 0.25) is 0 Å². The van der Waals surface area contributed by atoms with E-state index in [1.54, 1.807) is 7.11 Å². The molecule has 1 atom stereocenters. The van der Waals surface area contributed by atoms with Crippen molar-refractivity contribution in [2.45, 2.75) is 23.0 Å². The third kappa shape index (κ3) is 2.02. The van der Waals surface area contributed by atoms with Gasteiger partial charge in [-0.25, -0.2) is 0 Å². The Morgan fingerprint density at radius 1 is 1.12 bits per heavy atom. The first-order valence-electron chi connectivity index (χ1n) is 8.26. The van der Waals surface area contributed by atoms with Crippen molar-refractivity contribution in [3.8, 4) is 5.75 Å². The number of benzene rings is 2. The highest BCUT2D eigenvalue weighted by molar-refractivity contribution is 8.00. The van der Waals surface area contributed by atoms with Gasteiger partial charge in [-0.3, -0.25) is 4.79 Å². The van der Waals surface area contributed by atoms with E-state index in [9.17, 15) is 4.79 Å². The summed E-state index contributed by atoms with van der Waals surface area (Å²) in [6, 6.07) is 14.0. The van der Waals surface area contributed by atoms with Gasteiger partial charge in [0.05, 0.1) is 18.5 Å². The van der Waals surface area contributed by atoms with Crippen molar-refractivity contribution in [2.75, 3.05) is 12.4 Å². The first kappa shape index (κ1) is 14.2. The molecule has 0 aromatic heterocycles. The van der Waals surface area contributed by atoms with Crippen molar-refractivity contribution in [2.24, 2.45) is 5.92 Å². The third-order valence-electron chi connectivity index (χ3n) is 4.99. The van der Waals surface area contributed by atoms with Crippen LogP contribution in [0.2, 0.25) is 0 Å². The fourth-order valence-corrected chi connectivity index (χ4v) is 5.11. The van der Waals surface area contributed by atoms with E-state index in [1.807, 2.05) is 48.2 Å². The van der Waals surface area contributed by atoms with Gasteiger partial charge in [0.1, 0.15) is 5.75 Å². The van der Waals surface area contributed by atoms with Crippen molar-refractivity contribution in [1.82, 2.24) is 0 Å². The molecule has 3 aliphatic rings.